The molecule has 2 fully saturated rings. The van der Waals surface area contributed by atoms with Crippen molar-refractivity contribution in [2.24, 2.45) is 5.41 Å². The number of esters is 1. The molecule has 0 amide bonds. The van der Waals surface area contributed by atoms with E-state index in [1.54, 1.807) is 0 Å². The zero-order valence-corrected chi connectivity index (χ0v) is 10.4. The highest BCUT2D eigenvalue weighted by Crippen LogP contribution is 2.55. The third-order valence-electron chi connectivity index (χ3n) is 3.38. The molecule has 0 radical (unpaired) electrons. The Kier molecular flexibility index (Phi) is 3.44. The van der Waals surface area contributed by atoms with E-state index in [9.17, 15) is 4.79 Å². The summed E-state index contributed by atoms with van der Waals surface area (Å²) in [5.74, 6) is -0.245. The lowest BCUT2D eigenvalue weighted by molar-refractivity contribution is -0.137. The molecule has 0 aromatic rings. The Balaban J connectivity index is 0.000000195. The van der Waals surface area contributed by atoms with Gasteiger partial charge in [0.1, 0.15) is 0 Å². The van der Waals surface area contributed by atoms with Crippen molar-refractivity contribution in [3.63, 3.8) is 0 Å². The number of hydrogen-bond acceptors (Lipinski definition) is 3. The topological polar surface area (TPSA) is 38.8 Å². The van der Waals surface area contributed by atoms with Gasteiger partial charge in [0.25, 0.3) is 0 Å². The van der Waals surface area contributed by atoms with E-state index in [0.29, 0.717) is 11.5 Å². The second-order valence-corrected chi connectivity index (χ2v) is 5.35. The first-order valence-corrected chi connectivity index (χ1v) is 5.54. The van der Waals surface area contributed by atoms with Gasteiger partial charge in [-0.25, -0.2) is 0 Å². The van der Waals surface area contributed by atoms with Gasteiger partial charge in [-0.2, -0.15) is 0 Å². The predicted octanol–water partition coefficient (Wildman–Crippen LogP) is 2.53. The summed E-state index contributed by atoms with van der Waals surface area (Å²) >= 11 is 0. The molecule has 0 aromatic carbocycles. The molecule has 2 aliphatic rings. The molecule has 3 heteroatoms. The van der Waals surface area contributed by atoms with Crippen LogP contribution in [0.5, 0.6) is 0 Å². The lowest BCUT2D eigenvalue weighted by Gasteiger charge is -2.28. The van der Waals surface area contributed by atoms with Gasteiger partial charge in [0.15, 0.2) is 0 Å². The Bertz CT molecular complexity index is 247. The minimum atomic E-state index is -0.245. The van der Waals surface area contributed by atoms with Crippen molar-refractivity contribution in [1.29, 1.82) is 0 Å². The fourth-order valence-electron chi connectivity index (χ4n) is 2.44. The molecule has 0 bridgehead atoms. The van der Waals surface area contributed by atoms with Crippen LogP contribution in [0.2, 0.25) is 0 Å². The number of carbonyl (C=O) groups excluding carboxylic acids is 1. The van der Waals surface area contributed by atoms with Crippen LogP contribution in [0.1, 0.15) is 47.0 Å². The first-order valence-electron chi connectivity index (χ1n) is 5.54. The van der Waals surface area contributed by atoms with Crippen molar-refractivity contribution in [1.82, 2.24) is 0 Å². The van der Waals surface area contributed by atoms with Crippen LogP contribution in [0.25, 0.3) is 0 Å². The van der Waals surface area contributed by atoms with Crippen molar-refractivity contribution in [2.45, 2.75) is 58.7 Å². The molecule has 88 valence electrons. The Morgan fingerprint density at radius 2 is 1.87 bits per heavy atom. The maximum absolute atomic E-state index is 9.59. The molecule has 0 unspecified atom stereocenters. The molecule has 15 heavy (non-hydrogen) atoms. The normalized spacial score (nSPS) is 35.7. The van der Waals surface area contributed by atoms with Crippen LogP contribution in [-0.4, -0.2) is 24.8 Å². The van der Waals surface area contributed by atoms with Gasteiger partial charge < -0.3 is 9.47 Å². The van der Waals surface area contributed by atoms with Crippen LogP contribution in [0.3, 0.4) is 0 Å². The van der Waals surface area contributed by atoms with Crippen LogP contribution in [-0.2, 0) is 14.3 Å². The lowest BCUT2D eigenvalue weighted by Crippen LogP contribution is -2.30. The largest absolute Gasteiger partial charge is 0.469 e. The van der Waals surface area contributed by atoms with Crippen LogP contribution in [0.15, 0.2) is 0 Å². The number of methoxy groups -OCH3 is 1. The fourth-order valence-corrected chi connectivity index (χ4v) is 2.44. The van der Waals surface area contributed by atoms with Gasteiger partial charge in [-0.3, -0.25) is 4.79 Å². The maximum Gasteiger partial charge on any atom is 0.302 e. The number of ether oxygens (including phenoxy) is 2. The third-order valence-corrected chi connectivity index (χ3v) is 3.38. The summed E-state index contributed by atoms with van der Waals surface area (Å²) in [5, 5.41) is 0. The van der Waals surface area contributed by atoms with Gasteiger partial charge in [-0.1, -0.05) is 13.8 Å². The molecule has 1 heterocycles. The van der Waals surface area contributed by atoms with E-state index in [1.807, 2.05) is 0 Å². The van der Waals surface area contributed by atoms with E-state index in [0.717, 1.165) is 0 Å². The standard InChI is InChI=1S/C9H16O.C3H6O2/c1-8(2)5-4-6-9(3)7(8)10-9;1-3(4)5-2/h7H,4-6H2,1-3H3;1-2H3/t7-,9-;/m1./s1. The molecule has 1 aliphatic carbocycles. The highest BCUT2D eigenvalue weighted by molar-refractivity contribution is 5.65. The Morgan fingerprint density at radius 3 is 2.20 bits per heavy atom. The van der Waals surface area contributed by atoms with Crippen molar-refractivity contribution >= 4 is 5.97 Å². The Morgan fingerprint density at radius 1 is 1.33 bits per heavy atom. The van der Waals surface area contributed by atoms with Crippen LogP contribution < -0.4 is 0 Å². The summed E-state index contributed by atoms with van der Waals surface area (Å²) in [6.45, 7) is 8.25. The highest BCUT2D eigenvalue weighted by Gasteiger charge is 2.61. The second kappa shape index (κ2) is 4.12. The van der Waals surface area contributed by atoms with Crippen LogP contribution in [0, 0.1) is 5.41 Å². The van der Waals surface area contributed by atoms with Crippen molar-refractivity contribution in [2.75, 3.05) is 7.11 Å². The minimum Gasteiger partial charge on any atom is -0.469 e. The first-order chi connectivity index (χ1) is 6.82. The lowest BCUT2D eigenvalue weighted by atomic mass is 9.73. The molecule has 1 saturated heterocycles. The van der Waals surface area contributed by atoms with Gasteiger partial charge in [0.05, 0.1) is 18.8 Å². The van der Waals surface area contributed by atoms with E-state index in [1.165, 1.54) is 33.3 Å². The fraction of sp³-hybridized carbons (Fsp3) is 0.917. The van der Waals surface area contributed by atoms with Crippen LogP contribution >= 0.6 is 0 Å². The molecule has 0 N–H and O–H groups in total. The second-order valence-electron chi connectivity index (χ2n) is 5.35. The average molecular weight is 214 g/mol. The van der Waals surface area contributed by atoms with E-state index < -0.39 is 0 Å². The number of rotatable bonds is 0. The zero-order chi connectivity index (χ0) is 11.7. The third kappa shape index (κ3) is 2.94. The monoisotopic (exact) mass is 214 g/mol. The van der Waals surface area contributed by atoms with Crippen LogP contribution in [0.4, 0.5) is 0 Å². The summed E-state index contributed by atoms with van der Waals surface area (Å²) in [6, 6.07) is 0. The van der Waals surface area contributed by atoms with E-state index in [2.05, 4.69) is 25.5 Å². The molecule has 2 rings (SSSR count). The zero-order valence-electron chi connectivity index (χ0n) is 10.4. The molecule has 0 aromatic heterocycles. The average Bonchev–Trinajstić information content (AvgIpc) is 2.80. The Hall–Kier alpha value is -0.570. The van der Waals surface area contributed by atoms with Crippen molar-refractivity contribution in [3.8, 4) is 0 Å². The van der Waals surface area contributed by atoms with Gasteiger partial charge in [0.2, 0.25) is 0 Å². The van der Waals surface area contributed by atoms with Crippen molar-refractivity contribution < 1.29 is 14.3 Å². The summed E-state index contributed by atoms with van der Waals surface area (Å²) in [7, 11) is 1.35. The molecular formula is C12H22O3. The van der Waals surface area contributed by atoms with Gasteiger partial charge in [-0.05, 0) is 31.6 Å². The SMILES string of the molecule is CC1(C)CCC[C@@]2(C)O[C@H]12.COC(C)=O. The van der Waals surface area contributed by atoms with E-state index in [-0.39, 0.29) is 11.6 Å². The number of carbonyl (C=O) groups is 1. The summed E-state index contributed by atoms with van der Waals surface area (Å²) < 4.78 is 9.79. The highest BCUT2D eigenvalue weighted by atomic mass is 16.6. The Labute approximate surface area is 92.1 Å². The number of epoxide rings is 1. The molecule has 3 nitrogen and oxygen atoms in total. The summed E-state index contributed by atoms with van der Waals surface area (Å²) in [6.07, 6.45) is 4.53. The molecule has 0 spiro atoms. The molecule has 1 saturated carbocycles. The quantitative estimate of drug-likeness (QED) is 0.459. The van der Waals surface area contributed by atoms with Gasteiger partial charge in [0, 0.05) is 6.92 Å². The molecule has 2 atom stereocenters. The smallest absolute Gasteiger partial charge is 0.302 e. The molecule has 1 aliphatic heterocycles. The van der Waals surface area contributed by atoms with Gasteiger partial charge in [-0.15, -0.1) is 0 Å². The molecular weight excluding hydrogens is 192 g/mol. The van der Waals surface area contributed by atoms with Crippen molar-refractivity contribution in [3.05, 3.63) is 0 Å². The van der Waals surface area contributed by atoms with E-state index in [4.69, 9.17) is 4.74 Å². The van der Waals surface area contributed by atoms with Gasteiger partial charge >= 0.3 is 5.97 Å². The number of fused-ring (bicyclic) bond motifs is 1. The van der Waals surface area contributed by atoms with E-state index >= 15 is 0 Å². The first kappa shape index (κ1) is 12.5. The number of hydrogen-bond donors (Lipinski definition) is 0. The minimum absolute atomic E-state index is 0.245. The maximum atomic E-state index is 9.59. The predicted molar refractivity (Wildman–Crippen MR) is 58.6 cm³/mol. The summed E-state index contributed by atoms with van der Waals surface area (Å²) in [4.78, 5) is 9.59. The summed E-state index contributed by atoms with van der Waals surface area (Å²) in [5.41, 5.74) is 0.731.